The van der Waals surface area contributed by atoms with Crippen LogP contribution in [0.4, 0.5) is 10.1 Å². The van der Waals surface area contributed by atoms with Crippen LogP contribution in [0.3, 0.4) is 0 Å². The van der Waals surface area contributed by atoms with E-state index in [1.807, 2.05) is 0 Å². The topological polar surface area (TPSA) is 75.4 Å². The molecule has 0 spiro atoms. The van der Waals surface area contributed by atoms with E-state index in [4.69, 9.17) is 5.73 Å². The second-order valence-electron chi connectivity index (χ2n) is 4.95. The van der Waals surface area contributed by atoms with Gasteiger partial charge in [-0.1, -0.05) is 18.2 Å². The van der Waals surface area contributed by atoms with Crippen molar-refractivity contribution in [3.8, 4) is 5.75 Å². The first-order valence-electron chi connectivity index (χ1n) is 6.56. The molecular weight excluding hydrogens is 271 g/mol. The van der Waals surface area contributed by atoms with E-state index < -0.39 is 17.8 Å². The van der Waals surface area contributed by atoms with E-state index >= 15 is 0 Å². The lowest BCUT2D eigenvalue weighted by atomic mass is 10.1. The maximum Gasteiger partial charge on any atom is 0.241 e. The van der Waals surface area contributed by atoms with Gasteiger partial charge in [0, 0.05) is 0 Å². The number of rotatable bonds is 4. The Labute approximate surface area is 122 Å². The van der Waals surface area contributed by atoms with Crippen LogP contribution in [-0.4, -0.2) is 17.1 Å². The lowest BCUT2D eigenvalue weighted by Gasteiger charge is -2.13. The van der Waals surface area contributed by atoms with E-state index in [9.17, 15) is 14.3 Å². The Bertz CT molecular complexity index is 641. The summed E-state index contributed by atoms with van der Waals surface area (Å²) in [6.07, 6.45) is 0.305. The largest absolute Gasteiger partial charge is 0.508 e. The molecule has 0 bridgehead atoms. The first-order valence-corrected chi connectivity index (χ1v) is 6.56. The molecule has 0 saturated heterocycles. The van der Waals surface area contributed by atoms with Crippen molar-refractivity contribution in [2.45, 2.75) is 19.4 Å². The number of carbonyl (C=O) groups excluding carboxylic acids is 1. The molecule has 0 unspecified atom stereocenters. The average molecular weight is 288 g/mol. The summed E-state index contributed by atoms with van der Waals surface area (Å²) in [5.41, 5.74) is 7.53. The van der Waals surface area contributed by atoms with Gasteiger partial charge in [-0.15, -0.1) is 0 Å². The van der Waals surface area contributed by atoms with Crippen molar-refractivity contribution < 1.29 is 14.3 Å². The molecule has 0 saturated carbocycles. The minimum Gasteiger partial charge on any atom is -0.508 e. The Balaban J connectivity index is 2.00. The van der Waals surface area contributed by atoms with Crippen molar-refractivity contribution in [3.63, 3.8) is 0 Å². The molecule has 1 amide bonds. The summed E-state index contributed by atoms with van der Waals surface area (Å²) in [5, 5.41) is 11.7. The highest BCUT2D eigenvalue weighted by Gasteiger charge is 2.16. The van der Waals surface area contributed by atoms with Gasteiger partial charge in [-0.05, 0) is 48.7 Å². The van der Waals surface area contributed by atoms with Crippen LogP contribution in [-0.2, 0) is 11.2 Å². The van der Waals surface area contributed by atoms with Crippen LogP contribution < -0.4 is 11.1 Å². The second-order valence-corrected chi connectivity index (χ2v) is 4.95. The van der Waals surface area contributed by atoms with Gasteiger partial charge in [-0.3, -0.25) is 4.79 Å². The molecule has 0 aliphatic rings. The van der Waals surface area contributed by atoms with Crippen LogP contribution in [0.2, 0.25) is 0 Å². The number of phenols is 1. The van der Waals surface area contributed by atoms with Crippen molar-refractivity contribution >= 4 is 11.6 Å². The van der Waals surface area contributed by atoms with Gasteiger partial charge in [-0.25, -0.2) is 4.39 Å². The monoisotopic (exact) mass is 288 g/mol. The van der Waals surface area contributed by atoms with Gasteiger partial charge >= 0.3 is 0 Å². The van der Waals surface area contributed by atoms with E-state index in [0.29, 0.717) is 6.42 Å². The molecule has 2 aromatic carbocycles. The Kier molecular flexibility index (Phi) is 4.55. The summed E-state index contributed by atoms with van der Waals surface area (Å²) < 4.78 is 13.7. The Morgan fingerprint density at radius 3 is 2.57 bits per heavy atom. The molecule has 0 aromatic heterocycles. The molecule has 0 fully saturated rings. The summed E-state index contributed by atoms with van der Waals surface area (Å²) in [6, 6.07) is 10.2. The fraction of sp³-hybridized carbons (Fsp3) is 0.188. The third-order valence-corrected chi connectivity index (χ3v) is 3.11. The fourth-order valence-electron chi connectivity index (χ4n) is 1.93. The lowest BCUT2D eigenvalue weighted by Crippen LogP contribution is -2.37. The highest BCUT2D eigenvalue weighted by Crippen LogP contribution is 2.16. The molecule has 0 radical (unpaired) electrons. The minimum absolute atomic E-state index is 0.117. The number of anilines is 1. The zero-order chi connectivity index (χ0) is 15.4. The maximum atomic E-state index is 13.7. The van der Waals surface area contributed by atoms with E-state index in [1.165, 1.54) is 24.3 Å². The number of benzene rings is 2. The first kappa shape index (κ1) is 15.0. The van der Waals surface area contributed by atoms with Crippen LogP contribution in [0.15, 0.2) is 42.5 Å². The maximum absolute atomic E-state index is 13.7. The molecule has 0 heterocycles. The molecule has 1 atom stereocenters. The predicted octanol–water partition coefficient (Wildman–Crippen LogP) is 2.35. The number of hydrogen-bond acceptors (Lipinski definition) is 3. The molecule has 2 rings (SSSR count). The van der Waals surface area contributed by atoms with Gasteiger partial charge in [0.15, 0.2) is 0 Å². The number of aryl methyl sites for hydroxylation is 1. The normalized spacial score (nSPS) is 12.0. The summed E-state index contributed by atoms with van der Waals surface area (Å²) in [6.45, 7) is 1.77. The lowest BCUT2D eigenvalue weighted by molar-refractivity contribution is -0.117. The molecule has 4 N–H and O–H groups in total. The fourth-order valence-corrected chi connectivity index (χ4v) is 1.93. The molecule has 21 heavy (non-hydrogen) atoms. The van der Waals surface area contributed by atoms with Crippen LogP contribution >= 0.6 is 0 Å². The number of carbonyl (C=O) groups is 1. The zero-order valence-electron chi connectivity index (χ0n) is 11.6. The van der Waals surface area contributed by atoms with Crippen LogP contribution in [0, 0.1) is 12.7 Å². The Morgan fingerprint density at radius 2 is 1.95 bits per heavy atom. The number of nitrogens with two attached hydrogens (primary N) is 1. The summed E-state index contributed by atoms with van der Waals surface area (Å²) in [7, 11) is 0. The number of halogens is 1. The van der Waals surface area contributed by atoms with Gasteiger partial charge in [0.05, 0.1) is 11.7 Å². The third kappa shape index (κ3) is 4.03. The van der Waals surface area contributed by atoms with Crippen LogP contribution in [0.1, 0.15) is 11.1 Å². The minimum atomic E-state index is -0.796. The number of hydrogen-bond donors (Lipinski definition) is 3. The third-order valence-electron chi connectivity index (χ3n) is 3.11. The summed E-state index contributed by atoms with van der Waals surface area (Å²) >= 11 is 0. The standard InChI is InChI=1S/C16H17FN2O2/c1-10-2-7-15(13(17)8-10)19-16(21)14(18)9-11-3-5-12(20)6-4-11/h2-8,14,20H,9,18H2,1H3,(H,19,21)/t14-/m1/s1. The molecule has 2 aromatic rings. The molecule has 4 nitrogen and oxygen atoms in total. The van der Waals surface area contributed by atoms with E-state index in [2.05, 4.69) is 5.32 Å². The first-order chi connectivity index (χ1) is 9.95. The zero-order valence-corrected chi connectivity index (χ0v) is 11.6. The highest BCUT2D eigenvalue weighted by atomic mass is 19.1. The SMILES string of the molecule is Cc1ccc(NC(=O)[C@H](N)Cc2ccc(O)cc2)c(F)c1. The van der Waals surface area contributed by atoms with Crippen molar-refractivity contribution in [3.05, 3.63) is 59.4 Å². The van der Waals surface area contributed by atoms with Gasteiger partial charge in [0.2, 0.25) is 5.91 Å². The molecular formula is C16H17FN2O2. The summed E-state index contributed by atoms with van der Waals surface area (Å²) in [4.78, 5) is 12.0. The number of amides is 1. The number of phenolic OH excluding ortho intramolecular Hbond substituents is 1. The van der Waals surface area contributed by atoms with Crippen molar-refractivity contribution in [2.24, 2.45) is 5.73 Å². The van der Waals surface area contributed by atoms with Gasteiger partial charge in [0.25, 0.3) is 0 Å². The predicted molar refractivity (Wildman–Crippen MR) is 79.6 cm³/mol. The van der Waals surface area contributed by atoms with Crippen LogP contribution in [0.25, 0.3) is 0 Å². The van der Waals surface area contributed by atoms with Gasteiger partial charge < -0.3 is 16.2 Å². The quantitative estimate of drug-likeness (QED) is 0.808. The van der Waals surface area contributed by atoms with Crippen molar-refractivity contribution in [1.29, 1.82) is 0 Å². The van der Waals surface area contributed by atoms with Gasteiger partial charge in [-0.2, -0.15) is 0 Å². The Hall–Kier alpha value is -2.40. The van der Waals surface area contributed by atoms with Crippen LogP contribution in [0.5, 0.6) is 5.75 Å². The average Bonchev–Trinajstić information content (AvgIpc) is 2.44. The summed E-state index contributed by atoms with van der Waals surface area (Å²) in [5.74, 6) is -0.787. The Morgan fingerprint density at radius 1 is 1.29 bits per heavy atom. The van der Waals surface area contributed by atoms with Crippen molar-refractivity contribution in [1.82, 2.24) is 0 Å². The highest BCUT2D eigenvalue weighted by molar-refractivity contribution is 5.95. The van der Waals surface area contributed by atoms with E-state index in [0.717, 1.165) is 11.1 Å². The van der Waals surface area contributed by atoms with Crippen molar-refractivity contribution in [2.75, 3.05) is 5.32 Å². The molecule has 110 valence electrons. The second kappa shape index (κ2) is 6.37. The molecule has 0 aliphatic heterocycles. The molecule has 5 heteroatoms. The smallest absolute Gasteiger partial charge is 0.241 e. The van der Waals surface area contributed by atoms with E-state index in [1.54, 1.807) is 25.1 Å². The van der Waals surface area contributed by atoms with E-state index in [-0.39, 0.29) is 11.4 Å². The number of aromatic hydroxyl groups is 1. The molecule has 0 aliphatic carbocycles. The number of nitrogens with one attached hydrogen (secondary N) is 1. The van der Waals surface area contributed by atoms with Gasteiger partial charge in [0.1, 0.15) is 11.6 Å².